The molecule has 0 bridgehead atoms. The number of benzene rings is 1. The Labute approximate surface area is 183 Å². The van der Waals surface area contributed by atoms with Crippen molar-refractivity contribution in [3.63, 3.8) is 0 Å². The lowest BCUT2D eigenvalue weighted by atomic mass is 9.94. The largest absolute Gasteiger partial charge is 0.479 e. The van der Waals surface area contributed by atoms with Crippen LogP contribution in [-0.2, 0) is 19.0 Å². The van der Waals surface area contributed by atoms with E-state index in [4.69, 9.17) is 14.2 Å². The minimum Gasteiger partial charge on any atom is -0.479 e. The molecule has 1 spiro atoms. The van der Waals surface area contributed by atoms with Crippen molar-refractivity contribution in [2.45, 2.75) is 62.4 Å². The summed E-state index contributed by atoms with van der Waals surface area (Å²) in [5.41, 5.74) is 1.96. The number of nitrogens with one attached hydrogen (secondary N) is 1. The Morgan fingerprint density at radius 3 is 2.62 bits per heavy atom. The molecule has 3 fully saturated rings. The number of ether oxygens (including phenoxy) is 3. The van der Waals surface area contributed by atoms with Crippen molar-refractivity contribution in [2.24, 2.45) is 0 Å². The highest BCUT2D eigenvalue weighted by molar-refractivity contribution is 5.85. The van der Waals surface area contributed by atoms with Crippen molar-refractivity contribution in [3.8, 4) is 0 Å². The molecule has 0 amide bonds. The minimum atomic E-state index is -1.12. The van der Waals surface area contributed by atoms with Crippen LogP contribution in [-0.4, -0.2) is 54.7 Å². The molecule has 6 rings (SSSR count). The van der Waals surface area contributed by atoms with Gasteiger partial charge < -0.3 is 24.6 Å². The van der Waals surface area contributed by atoms with E-state index in [1.165, 1.54) is 6.33 Å². The topological polar surface area (TPSA) is 121 Å². The number of para-hydroxylation sites is 1. The fourth-order valence-corrected chi connectivity index (χ4v) is 4.95. The molecule has 2 aliphatic heterocycles. The number of imidazole rings is 1. The van der Waals surface area contributed by atoms with Crippen LogP contribution in [0.25, 0.3) is 11.2 Å². The van der Waals surface area contributed by atoms with Crippen LogP contribution >= 0.6 is 0 Å². The first kappa shape index (κ1) is 19.6. The van der Waals surface area contributed by atoms with Crippen molar-refractivity contribution in [3.05, 3.63) is 43.0 Å². The molecule has 32 heavy (non-hydrogen) atoms. The summed E-state index contributed by atoms with van der Waals surface area (Å²) in [6, 6.07) is 9.65. The monoisotopic (exact) mass is 437 g/mol. The standard InChI is InChI=1S/C22H23N5O5/c28-21(29)17-15-16(32-22(31-15)9-5-2-6-10-22)20(30-17)27-12-25-14-18(23-11-24-19(14)27)26-13-7-3-1-4-8-13/h1,3-4,7-8,11-12,15-17,20H,2,5-6,9-10H2,(H,28,29)(H,23,24,26)/t15?,16-,17-,20+/m0/s1. The molecule has 10 nitrogen and oxygen atoms in total. The lowest BCUT2D eigenvalue weighted by molar-refractivity contribution is -0.231. The second-order valence-corrected chi connectivity index (χ2v) is 8.46. The van der Waals surface area contributed by atoms with E-state index in [1.807, 2.05) is 30.3 Å². The van der Waals surface area contributed by atoms with Crippen LogP contribution in [0.4, 0.5) is 11.5 Å². The highest BCUT2D eigenvalue weighted by Gasteiger charge is 2.61. The molecule has 4 atom stereocenters. The third-order valence-corrected chi connectivity index (χ3v) is 6.42. The summed E-state index contributed by atoms with van der Waals surface area (Å²) in [5.74, 6) is -1.24. The Morgan fingerprint density at radius 1 is 1.06 bits per heavy atom. The van der Waals surface area contributed by atoms with Gasteiger partial charge in [-0.15, -0.1) is 0 Å². The summed E-state index contributed by atoms with van der Waals surface area (Å²) in [6.07, 6.45) is 4.61. The molecule has 10 heteroatoms. The molecule has 1 unspecified atom stereocenters. The molecule has 2 saturated heterocycles. The third-order valence-electron chi connectivity index (χ3n) is 6.42. The summed E-state index contributed by atoms with van der Waals surface area (Å²) < 4.78 is 20.3. The van der Waals surface area contributed by atoms with E-state index in [9.17, 15) is 9.90 Å². The van der Waals surface area contributed by atoms with Gasteiger partial charge in [-0.05, 0) is 25.0 Å². The number of nitrogens with zero attached hydrogens (tertiary/aromatic N) is 4. The number of carbonyl (C=O) groups is 1. The lowest BCUT2D eigenvalue weighted by Crippen LogP contribution is -2.38. The van der Waals surface area contributed by atoms with Gasteiger partial charge in [-0.2, -0.15) is 0 Å². The van der Waals surface area contributed by atoms with Gasteiger partial charge in [0.1, 0.15) is 18.5 Å². The molecule has 4 heterocycles. The first-order valence-corrected chi connectivity index (χ1v) is 10.9. The van der Waals surface area contributed by atoms with Gasteiger partial charge in [-0.3, -0.25) is 4.57 Å². The number of aromatic nitrogens is 4. The number of hydrogen-bond donors (Lipinski definition) is 2. The normalized spacial score (nSPS) is 28.8. The summed E-state index contributed by atoms with van der Waals surface area (Å²) in [7, 11) is 0. The van der Waals surface area contributed by atoms with Crippen LogP contribution in [0.1, 0.15) is 38.3 Å². The average molecular weight is 437 g/mol. The zero-order valence-corrected chi connectivity index (χ0v) is 17.3. The molecule has 0 radical (unpaired) electrons. The van der Waals surface area contributed by atoms with Crippen molar-refractivity contribution in [1.82, 2.24) is 19.5 Å². The number of hydrogen-bond acceptors (Lipinski definition) is 8. The van der Waals surface area contributed by atoms with Gasteiger partial charge in [0.05, 0.1) is 6.33 Å². The zero-order valence-electron chi connectivity index (χ0n) is 17.3. The number of anilines is 2. The van der Waals surface area contributed by atoms with Crippen LogP contribution in [0.2, 0.25) is 0 Å². The first-order valence-electron chi connectivity index (χ1n) is 10.9. The van der Waals surface area contributed by atoms with Gasteiger partial charge >= 0.3 is 5.97 Å². The van der Waals surface area contributed by atoms with E-state index in [0.717, 1.165) is 37.8 Å². The smallest absolute Gasteiger partial charge is 0.335 e. The number of fused-ring (bicyclic) bond motifs is 2. The van der Waals surface area contributed by atoms with Crippen molar-refractivity contribution < 1.29 is 24.1 Å². The van der Waals surface area contributed by atoms with Gasteiger partial charge in [-0.1, -0.05) is 24.6 Å². The lowest BCUT2D eigenvalue weighted by Gasteiger charge is -2.33. The molecule has 1 saturated carbocycles. The van der Waals surface area contributed by atoms with Gasteiger partial charge in [0.15, 0.2) is 35.1 Å². The molecule has 1 aromatic carbocycles. The molecule has 1 aliphatic carbocycles. The number of carboxylic acid groups (broad SMARTS) is 1. The van der Waals surface area contributed by atoms with Gasteiger partial charge in [-0.25, -0.2) is 19.7 Å². The van der Waals surface area contributed by atoms with E-state index < -0.39 is 36.3 Å². The van der Waals surface area contributed by atoms with Gasteiger partial charge in [0.25, 0.3) is 0 Å². The number of aliphatic carboxylic acids is 1. The second kappa shape index (κ2) is 7.51. The molecular weight excluding hydrogens is 414 g/mol. The zero-order chi connectivity index (χ0) is 21.7. The van der Waals surface area contributed by atoms with E-state index >= 15 is 0 Å². The third kappa shape index (κ3) is 3.14. The van der Waals surface area contributed by atoms with E-state index in [0.29, 0.717) is 17.0 Å². The van der Waals surface area contributed by atoms with Crippen LogP contribution < -0.4 is 5.32 Å². The fraction of sp³-hybridized carbons (Fsp3) is 0.455. The SMILES string of the molecule is O=C(O)[C@H]1O[C@@H](n2cnc3c(Nc4ccccc4)ncnc32)[C@H]2OC3(CCCCC3)OC12. The number of carboxylic acids is 1. The first-order chi connectivity index (χ1) is 15.6. The molecule has 3 aromatic rings. The maximum absolute atomic E-state index is 11.9. The molecule has 2 N–H and O–H groups in total. The van der Waals surface area contributed by atoms with Crippen LogP contribution in [0, 0.1) is 0 Å². The Hall–Kier alpha value is -3.08. The van der Waals surface area contributed by atoms with Crippen LogP contribution in [0.15, 0.2) is 43.0 Å². The molecule has 3 aliphatic rings. The summed E-state index contributed by atoms with van der Waals surface area (Å²) in [5, 5.41) is 13.0. The predicted molar refractivity (Wildman–Crippen MR) is 112 cm³/mol. The van der Waals surface area contributed by atoms with E-state index in [1.54, 1.807) is 10.9 Å². The Bertz CT molecular complexity index is 1150. The van der Waals surface area contributed by atoms with Crippen molar-refractivity contribution in [2.75, 3.05) is 5.32 Å². The maximum Gasteiger partial charge on any atom is 0.335 e. The average Bonchev–Trinajstić information content (AvgIpc) is 3.47. The molecule has 2 aromatic heterocycles. The summed E-state index contributed by atoms with van der Waals surface area (Å²) in [6.45, 7) is 0. The van der Waals surface area contributed by atoms with Crippen LogP contribution in [0.3, 0.4) is 0 Å². The predicted octanol–water partition coefficient (Wildman–Crippen LogP) is 3.00. The minimum absolute atomic E-state index is 0.529. The van der Waals surface area contributed by atoms with Gasteiger partial charge in [0, 0.05) is 18.5 Å². The maximum atomic E-state index is 11.9. The summed E-state index contributed by atoms with van der Waals surface area (Å²) >= 11 is 0. The highest BCUT2D eigenvalue weighted by atomic mass is 16.8. The molecule has 166 valence electrons. The molecular formula is C22H23N5O5. The Balaban J connectivity index is 1.35. The number of rotatable bonds is 4. The van der Waals surface area contributed by atoms with E-state index in [-0.39, 0.29) is 0 Å². The van der Waals surface area contributed by atoms with E-state index in [2.05, 4.69) is 20.3 Å². The van der Waals surface area contributed by atoms with Gasteiger partial charge in [0.2, 0.25) is 0 Å². The highest BCUT2D eigenvalue weighted by Crippen LogP contribution is 2.49. The second-order valence-electron chi connectivity index (χ2n) is 8.46. The van der Waals surface area contributed by atoms with Crippen molar-refractivity contribution >= 4 is 28.6 Å². The fourth-order valence-electron chi connectivity index (χ4n) is 4.95. The van der Waals surface area contributed by atoms with Crippen molar-refractivity contribution in [1.29, 1.82) is 0 Å². The quantitative estimate of drug-likeness (QED) is 0.634. The Kier molecular flexibility index (Phi) is 4.60. The summed E-state index contributed by atoms with van der Waals surface area (Å²) in [4.78, 5) is 25.2. The Morgan fingerprint density at radius 2 is 1.84 bits per heavy atom. The van der Waals surface area contributed by atoms with Crippen LogP contribution in [0.5, 0.6) is 0 Å².